The maximum Gasteiger partial charge on any atom is 0.243 e. The van der Waals surface area contributed by atoms with E-state index >= 15 is 0 Å². The molecule has 0 spiro atoms. The molecule has 0 saturated carbocycles. The summed E-state index contributed by atoms with van der Waals surface area (Å²) in [5.41, 5.74) is 0.829. The molecule has 1 N–H and O–H groups in total. The van der Waals surface area contributed by atoms with Gasteiger partial charge in [-0.3, -0.25) is 14.3 Å². The Morgan fingerprint density at radius 2 is 1.74 bits per heavy atom. The van der Waals surface area contributed by atoms with Crippen LogP contribution >= 0.6 is 11.6 Å². The number of anilines is 1. The summed E-state index contributed by atoms with van der Waals surface area (Å²) in [5.74, 6) is 1.11. The zero-order valence-corrected chi connectivity index (χ0v) is 20.9. The van der Waals surface area contributed by atoms with E-state index in [0.717, 1.165) is 0 Å². The van der Waals surface area contributed by atoms with E-state index in [2.05, 4.69) is 19.9 Å². The van der Waals surface area contributed by atoms with Crippen LogP contribution < -0.4 is 14.2 Å². The topological polar surface area (TPSA) is 127 Å². The fourth-order valence-electron chi connectivity index (χ4n) is 3.38. The van der Waals surface area contributed by atoms with Gasteiger partial charge in [-0.25, -0.2) is 8.42 Å². The zero-order valence-electron chi connectivity index (χ0n) is 19.4. The number of ether oxygens (including phenoxy) is 4. The highest BCUT2D eigenvalue weighted by molar-refractivity contribution is 7.93. The molecule has 3 rings (SSSR count). The van der Waals surface area contributed by atoms with Crippen LogP contribution in [-0.2, 0) is 26.1 Å². The Bertz CT molecular complexity index is 1200. The average molecular weight is 512 g/mol. The van der Waals surface area contributed by atoms with E-state index in [9.17, 15) is 8.42 Å². The van der Waals surface area contributed by atoms with Crippen LogP contribution in [-0.4, -0.2) is 61.9 Å². The molecule has 2 aromatic heterocycles. The van der Waals surface area contributed by atoms with E-state index in [1.807, 2.05) is 0 Å². The van der Waals surface area contributed by atoms with Gasteiger partial charge < -0.3 is 18.9 Å². The fourth-order valence-corrected chi connectivity index (χ4v) is 4.64. The van der Waals surface area contributed by atoms with Gasteiger partial charge in [-0.2, -0.15) is 0 Å². The predicted molar refractivity (Wildman–Crippen MR) is 126 cm³/mol. The van der Waals surface area contributed by atoms with Gasteiger partial charge in [0.2, 0.25) is 16.0 Å². The van der Waals surface area contributed by atoms with Gasteiger partial charge in [-0.05, 0) is 31.2 Å². The van der Waals surface area contributed by atoms with Gasteiger partial charge in [0.25, 0.3) is 0 Å². The normalized spacial score (nSPS) is 13.4. The Kier molecular flexibility index (Phi) is 8.31. The molecule has 3 aromatic rings. The minimum Gasteiger partial charge on any atom is -0.494 e. The van der Waals surface area contributed by atoms with Crippen LogP contribution in [0.15, 0.2) is 36.5 Å². The molecular formula is C21H26ClN5O6S. The number of nitrogens with zero attached hydrogens (tertiary/aromatic N) is 4. The molecule has 0 amide bonds. The summed E-state index contributed by atoms with van der Waals surface area (Å²) in [6.07, 6.45) is 0.558. The maximum absolute atomic E-state index is 13.4. The average Bonchev–Trinajstić information content (AvgIpc) is 3.21. The van der Waals surface area contributed by atoms with Gasteiger partial charge in [0, 0.05) is 20.4 Å². The monoisotopic (exact) mass is 511 g/mol. The maximum atomic E-state index is 13.4. The molecule has 34 heavy (non-hydrogen) atoms. The van der Waals surface area contributed by atoms with Crippen LogP contribution in [0.5, 0.6) is 11.5 Å². The summed E-state index contributed by atoms with van der Waals surface area (Å²) in [6.45, 7) is 1.56. The largest absolute Gasteiger partial charge is 0.494 e. The first kappa shape index (κ1) is 25.7. The first-order valence-corrected chi connectivity index (χ1v) is 12.0. The molecular weight excluding hydrogens is 486 g/mol. The Morgan fingerprint density at radius 1 is 1.06 bits per heavy atom. The summed E-state index contributed by atoms with van der Waals surface area (Å²) >= 11 is 5.91. The number of aromatic nitrogens is 4. The van der Waals surface area contributed by atoms with Gasteiger partial charge in [0.15, 0.2) is 5.82 Å². The number of nitrogens with one attached hydrogen (secondary N) is 1. The van der Waals surface area contributed by atoms with Gasteiger partial charge in [0.1, 0.15) is 35.1 Å². The van der Waals surface area contributed by atoms with Crippen LogP contribution in [0.2, 0.25) is 5.02 Å². The van der Waals surface area contributed by atoms with Crippen LogP contribution in [0.25, 0.3) is 5.69 Å². The van der Waals surface area contributed by atoms with Crippen molar-refractivity contribution in [3.05, 3.63) is 53.1 Å². The molecule has 2 atom stereocenters. The van der Waals surface area contributed by atoms with Crippen molar-refractivity contribution in [1.82, 2.24) is 19.7 Å². The molecule has 13 heteroatoms. The van der Waals surface area contributed by atoms with Crippen molar-refractivity contribution in [2.45, 2.75) is 24.9 Å². The fraction of sp³-hybridized carbons (Fsp3) is 0.381. The second-order valence-electron chi connectivity index (χ2n) is 7.13. The number of halogens is 1. The summed E-state index contributed by atoms with van der Waals surface area (Å²) in [7, 11) is 1.84. The molecule has 0 fully saturated rings. The molecule has 184 valence electrons. The highest BCUT2D eigenvalue weighted by Crippen LogP contribution is 2.36. The highest BCUT2D eigenvalue weighted by atomic mass is 35.5. The molecule has 0 aliphatic carbocycles. The summed E-state index contributed by atoms with van der Waals surface area (Å²) in [5, 5.41) is 7.53. The molecule has 0 saturated heterocycles. The predicted octanol–water partition coefficient (Wildman–Crippen LogP) is 3.00. The van der Waals surface area contributed by atoms with E-state index in [-0.39, 0.29) is 12.6 Å². The van der Waals surface area contributed by atoms with E-state index in [1.165, 1.54) is 46.1 Å². The lowest BCUT2D eigenvalue weighted by atomic mass is 10.2. The second kappa shape index (κ2) is 11.0. The highest BCUT2D eigenvalue weighted by Gasteiger charge is 2.34. The molecule has 0 radical (unpaired) electrons. The number of sulfonamides is 1. The number of para-hydroxylation sites is 1. The molecule has 2 heterocycles. The number of hydrogen-bond acceptors (Lipinski definition) is 9. The van der Waals surface area contributed by atoms with Crippen LogP contribution in [0.3, 0.4) is 0 Å². The molecule has 0 aliphatic heterocycles. The molecule has 0 aliphatic rings. The number of pyridine rings is 1. The van der Waals surface area contributed by atoms with Crippen molar-refractivity contribution < 1.29 is 27.4 Å². The molecule has 1 aromatic carbocycles. The van der Waals surface area contributed by atoms with Crippen molar-refractivity contribution in [3.63, 3.8) is 0 Å². The van der Waals surface area contributed by atoms with Crippen LogP contribution in [0.4, 0.5) is 5.95 Å². The Morgan fingerprint density at radius 3 is 2.26 bits per heavy atom. The quantitative estimate of drug-likeness (QED) is 0.413. The van der Waals surface area contributed by atoms with Gasteiger partial charge >= 0.3 is 0 Å². The van der Waals surface area contributed by atoms with Gasteiger partial charge in [-0.1, -0.05) is 17.7 Å². The minimum absolute atomic E-state index is 0.0564. The van der Waals surface area contributed by atoms with Crippen LogP contribution in [0, 0.1) is 0 Å². The summed E-state index contributed by atoms with van der Waals surface area (Å²) in [6, 6.07) is 8.40. The van der Waals surface area contributed by atoms with E-state index < -0.39 is 21.4 Å². The van der Waals surface area contributed by atoms with Gasteiger partial charge in [0.05, 0.1) is 24.9 Å². The lowest BCUT2D eigenvalue weighted by Crippen LogP contribution is -2.33. The third kappa shape index (κ3) is 5.25. The van der Waals surface area contributed by atoms with Crippen LogP contribution in [0.1, 0.15) is 24.5 Å². The Hall–Kier alpha value is -2.93. The minimum atomic E-state index is -4.05. The summed E-state index contributed by atoms with van der Waals surface area (Å²) in [4.78, 5) is 4.20. The number of rotatable bonds is 11. The lowest BCUT2D eigenvalue weighted by Gasteiger charge is -2.23. The molecule has 0 bridgehead atoms. The smallest absolute Gasteiger partial charge is 0.243 e. The molecule has 11 nitrogen and oxygen atoms in total. The zero-order chi connectivity index (χ0) is 24.9. The standard InChI is InChI=1S/C21H26ClN5O6S/c1-13(20(33-5)15-10-9-14(22)11-23-15)34(28,29)26-21-25-24-18(12-30-2)27(21)19-16(31-3)7-6-8-17(19)32-4/h6-11,13,20H,12H2,1-5H3,(H,25,26). The number of benzene rings is 1. The van der Waals surface area contributed by atoms with E-state index in [1.54, 1.807) is 30.3 Å². The number of hydrogen-bond donors (Lipinski definition) is 1. The first-order chi connectivity index (χ1) is 16.3. The Labute approximate surface area is 203 Å². The third-order valence-electron chi connectivity index (χ3n) is 5.07. The first-order valence-electron chi connectivity index (χ1n) is 10.1. The lowest BCUT2D eigenvalue weighted by molar-refractivity contribution is 0.0989. The van der Waals surface area contributed by atoms with Crippen molar-refractivity contribution >= 4 is 27.6 Å². The van der Waals surface area contributed by atoms with E-state index in [0.29, 0.717) is 33.7 Å². The van der Waals surface area contributed by atoms with Crippen molar-refractivity contribution in [3.8, 4) is 17.2 Å². The van der Waals surface area contributed by atoms with Gasteiger partial charge in [-0.15, -0.1) is 10.2 Å². The summed E-state index contributed by atoms with van der Waals surface area (Å²) < 4.78 is 52.4. The van der Waals surface area contributed by atoms with Crippen molar-refractivity contribution in [2.75, 3.05) is 33.2 Å². The number of methoxy groups -OCH3 is 4. The van der Waals surface area contributed by atoms with Crippen molar-refractivity contribution in [2.24, 2.45) is 0 Å². The van der Waals surface area contributed by atoms with Crippen molar-refractivity contribution in [1.29, 1.82) is 0 Å². The SMILES string of the molecule is COCc1nnc(NS(=O)(=O)C(C)C(OC)c2ccc(Cl)cn2)n1-c1c(OC)cccc1OC. The van der Waals surface area contributed by atoms with E-state index in [4.69, 9.17) is 30.5 Å². The third-order valence-corrected chi connectivity index (χ3v) is 6.99. The molecule has 2 unspecified atom stereocenters. The second-order valence-corrected chi connectivity index (χ2v) is 9.60. The Balaban J connectivity index is 2.05.